The Kier molecular flexibility index (Phi) is 5.83. The van der Waals surface area contributed by atoms with Gasteiger partial charge in [0.05, 0.1) is 12.2 Å². The third-order valence-corrected chi connectivity index (χ3v) is 4.53. The summed E-state index contributed by atoms with van der Waals surface area (Å²) in [7, 11) is 1.83. The summed E-state index contributed by atoms with van der Waals surface area (Å²) in [6.07, 6.45) is 3.88. The molecule has 1 aliphatic rings. The minimum absolute atomic E-state index is 0.0880. The summed E-state index contributed by atoms with van der Waals surface area (Å²) in [4.78, 5) is 14.0. The molecule has 1 fully saturated rings. The van der Waals surface area contributed by atoms with Crippen LogP contribution < -0.4 is 5.32 Å². The van der Waals surface area contributed by atoms with Crippen LogP contribution in [0.2, 0.25) is 0 Å². The van der Waals surface area contributed by atoms with Crippen LogP contribution in [0.4, 0.5) is 4.79 Å². The highest BCUT2D eigenvalue weighted by Gasteiger charge is 2.26. The number of carbonyl (C=O) groups is 1. The minimum Gasteiger partial charge on any atom is -0.396 e. The smallest absolute Gasteiger partial charge is 0.317 e. The van der Waals surface area contributed by atoms with Crippen LogP contribution >= 0.6 is 0 Å². The normalized spacial score (nSPS) is 21.9. The van der Waals surface area contributed by atoms with E-state index in [4.69, 9.17) is 9.63 Å². The number of urea groups is 1. The van der Waals surface area contributed by atoms with Crippen LogP contribution in [0.15, 0.2) is 10.6 Å². The monoisotopic (exact) mass is 309 g/mol. The van der Waals surface area contributed by atoms with Crippen LogP contribution in [-0.4, -0.2) is 40.9 Å². The number of nitrogens with one attached hydrogen (secondary N) is 1. The highest BCUT2D eigenvalue weighted by molar-refractivity contribution is 5.74. The molecule has 1 aromatic heterocycles. The quantitative estimate of drug-likeness (QED) is 0.876. The molecule has 1 heterocycles. The number of nitrogens with zero attached hydrogens (tertiary/aromatic N) is 2. The van der Waals surface area contributed by atoms with E-state index in [1.54, 1.807) is 4.90 Å². The number of aromatic nitrogens is 1. The Morgan fingerprint density at radius 2 is 2.14 bits per heavy atom. The van der Waals surface area contributed by atoms with Gasteiger partial charge in [0.15, 0.2) is 5.76 Å². The largest absolute Gasteiger partial charge is 0.396 e. The topological polar surface area (TPSA) is 78.6 Å². The van der Waals surface area contributed by atoms with Crippen molar-refractivity contribution in [2.75, 3.05) is 13.7 Å². The molecule has 6 heteroatoms. The maximum Gasteiger partial charge on any atom is 0.317 e. The lowest BCUT2D eigenvalue weighted by molar-refractivity contribution is 0.133. The van der Waals surface area contributed by atoms with Gasteiger partial charge in [0.2, 0.25) is 0 Å². The molecule has 124 valence electrons. The fourth-order valence-corrected chi connectivity index (χ4v) is 2.85. The molecule has 2 amide bonds. The summed E-state index contributed by atoms with van der Waals surface area (Å²) in [5.74, 6) is 1.39. The van der Waals surface area contributed by atoms with Crippen LogP contribution in [0.1, 0.15) is 56.9 Å². The van der Waals surface area contributed by atoms with Gasteiger partial charge in [-0.05, 0) is 37.5 Å². The molecule has 0 atom stereocenters. The van der Waals surface area contributed by atoms with Gasteiger partial charge in [0, 0.05) is 25.8 Å². The first-order valence-electron chi connectivity index (χ1n) is 8.08. The molecule has 0 aromatic carbocycles. The fourth-order valence-electron chi connectivity index (χ4n) is 2.85. The summed E-state index contributed by atoms with van der Waals surface area (Å²) < 4.78 is 5.22. The zero-order chi connectivity index (χ0) is 16.1. The Hall–Kier alpha value is -1.56. The van der Waals surface area contributed by atoms with Crippen molar-refractivity contribution < 1.29 is 14.4 Å². The number of hydrogen-bond acceptors (Lipinski definition) is 4. The molecular weight excluding hydrogens is 282 g/mol. The predicted octanol–water partition coefficient (Wildman–Crippen LogP) is 2.49. The zero-order valence-corrected chi connectivity index (χ0v) is 13.7. The lowest BCUT2D eigenvalue weighted by Crippen LogP contribution is -2.45. The van der Waals surface area contributed by atoms with Crippen LogP contribution in [0.3, 0.4) is 0 Å². The second-order valence-corrected chi connectivity index (χ2v) is 6.50. The molecule has 0 bridgehead atoms. The van der Waals surface area contributed by atoms with Crippen molar-refractivity contribution in [3.05, 3.63) is 17.5 Å². The van der Waals surface area contributed by atoms with Crippen molar-refractivity contribution in [2.24, 2.45) is 5.92 Å². The molecule has 0 radical (unpaired) electrons. The van der Waals surface area contributed by atoms with Crippen molar-refractivity contribution in [3.63, 3.8) is 0 Å². The summed E-state index contributed by atoms with van der Waals surface area (Å²) in [5.41, 5.74) is 0.903. The van der Waals surface area contributed by atoms with E-state index >= 15 is 0 Å². The van der Waals surface area contributed by atoms with Crippen molar-refractivity contribution >= 4 is 6.03 Å². The van der Waals surface area contributed by atoms with Crippen LogP contribution in [0.25, 0.3) is 0 Å². The number of aliphatic hydroxyl groups is 1. The molecule has 1 aliphatic carbocycles. The molecule has 1 saturated carbocycles. The minimum atomic E-state index is -0.0880. The second-order valence-electron chi connectivity index (χ2n) is 6.50. The first-order chi connectivity index (χ1) is 10.5. The third-order valence-electron chi connectivity index (χ3n) is 4.53. The van der Waals surface area contributed by atoms with E-state index < -0.39 is 0 Å². The van der Waals surface area contributed by atoms with E-state index in [0.29, 0.717) is 24.1 Å². The zero-order valence-electron chi connectivity index (χ0n) is 13.7. The van der Waals surface area contributed by atoms with Gasteiger partial charge in [-0.1, -0.05) is 19.0 Å². The Balaban J connectivity index is 1.78. The van der Waals surface area contributed by atoms with Gasteiger partial charge in [0.25, 0.3) is 0 Å². The van der Waals surface area contributed by atoms with Gasteiger partial charge < -0.3 is 19.8 Å². The van der Waals surface area contributed by atoms with Crippen molar-refractivity contribution in [3.8, 4) is 0 Å². The Bertz CT molecular complexity index is 479. The first-order valence-corrected chi connectivity index (χ1v) is 8.08. The summed E-state index contributed by atoms with van der Waals surface area (Å²) in [6, 6.07) is 2.05. The van der Waals surface area contributed by atoms with E-state index in [-0.39, 0.29) is 18.7 Å². The van der Waals surface area contributed by atoms with Gasteiger partial charge >= 0.3 is 6.03 Å². The molecule has 2 N–H and O–H groups in total. The SMILES string of the molecule is CC(C)c1cc(CNC(=O)N(C)C2CCC(CO)CC2)on1. The summed E-state index contributed by atoms with van der Waals surface area (Å²) >= 11 is 0. The van der Waals surface area contributed by atoms with Crippen molar-refractivity contribution in [2.45, 2.75) is 58.0 Å². The maximum atomic E-state index is 12.2. The molecule has 22 heavy (non-hydrogen) atoms. The average molecular weight is 309 g/mol. The van der Waals surface area contributed by atoms with E-state index in [1.165, 1.54) is 0 Å². The molecule has 0 unspecified atom stereocenters. The molecule has 6 nitrogen and oxygen atoms in total. The highest BCUT2D eigenvalue weighted by Crippen LogP contribution is 2.26. The van der Waals surface area contributed by atoms with Gasteiger partial charge in [-0.3, -0.25) is 0 Å². The fraction of sp³-hybridized carbons (Fsp3) is 0.750. The highest BCUT2D eigenvalue weighted by atomic mass is 16.5. The van der Waals surface area contributed by atoms with E-state index in [9.17, 15) is 4.79 Å². The van der Waals surface area contributed by atoms with Crippen LogP contribution in [-0.2, 0) is 6.54 Å². The van der Waals surface area contributed by atoms with Gasteiger partial charge in [-0.25, -0.2) is 4.79 Å². The second kappa shape index (κ2) is 7.63. The number of aliphatic hydroxyl groups excluding tert-OH is 1. The number of amides is 2. The van der Waals surface area contributed by atoms with Gasteiger partial charge in [0.1, 0.15) is 0 Å². The van der Waals surface area contributed by atoms with Gasteiger partial charge in [-0.15, -0.1) is 0 Å². The summed E-state index contributed by atoms with van der Waals surface area (Å²) in [6.45, 7) is 4.72. The average Bonchev–Trinajstić information content (AvgIpc) is 3.01. The number of rotatable bonds is 5. The molecule has 2 rings (SSSR count). The summed E-state index contributed by atoms with van der Waals surface area (Å²) in [5, 5.41) is 16.0. The van der Waals surface area contributed by atoms with Crippen molar-refractivity contribution in [1.29, 1.82) is 0 Å². The lowest BCUT2D eigenvalue weighted by Gasteiger charge is -2.34. The van der Waals surface area contributed by atoms with E-state index in [0.717, 1.165) is 31.4 Å². The number of carbonyl (C=O) groups excluding carboxylic acids is 1. The van der Waals surface area contributed by atoms with Crippen molar-refractivity contribution in [1.82, 2.24) is 15.4 Å². The standard InChI is InChI=1S/C16H27N3O3/c1-11(2)15-8-14(22-18-15)9-17-16(21)19(3)13-6-4-12(10-20)5-7-13/h8,11-13,20H,4-7,9-10H2,1-3H3,(H,17,21). The predicted molar refractivity (Wildman–Crippen MR) is 83.4 cm³/mol. The lowest BCUT2D eigenvalue weighted by atomic mass is 9.86. The van der Waals surface area contributed by atoms with E-state index in [1.807, 2.05) is 13.1 Å². The molecular formula is C16H27N3O3. The third kappa shape index (κ3) is 4.22. The first kappa shape index (κ1) is 16.8. The van der Waals surface area contributed by atoms with E-state index in [2.05, 4.69) is 24.3 Å². The van der Waals surface area contributed by atoms with Crippen LogP contribution in [0, 0.1) is 5.92 Å². The molecule has 0 spiro atoms. The van der Waals surface area contributed by atoms with Crippen LogP contribution in [0.5, 0.6) is 0 Å². The maximum absolute atomic E-state index is 12.2. The molecule has 0 aliphatic heterocycles. The molecule has 0 saturated heterocycles. The Morgan fingerprint density at radius 3 is 2.68 bits per heavy atom. The number of hydrogen-bond donors (Lipinski definition) is 2. The molecule has 1 aromatic rings. The van der Waals surface area contributed by atoms with Gasteiger partial charge in [-0.2, -0.15) is 0 Å². The Morgan fingerprint density at radius 1 is 1.45 bits per heavy atom. The Labute approximate surface area is 131 Å².